The van der Waals surface area contributed by atoms with E-state index in [0.29, 0.717) is 29.5 Å². The molecule has 1 saturated heterocycles. The van der Waals surface area contributed by atoms with Crippen LogP contribution in [0.4, 0.5) is 23.2 Å². The van der Waals surface area contributed by atoms with Crippen LogP contribution in [0.1, 0.15) is 50.5 Å². The van der Waals surface area contributed by atoms with Gasteiger partial charge in [0, 0.05) is 18.0 Å². The van der Waals surface area contributed by atoms with Crippen molar-refractivity contribution in [2.75, 3.05) is 11.9 Å². The van der Waals surface area contributed by atoms with E-state index in [9.17, 15) is 37.1 Å². The second-order valence-corrected chi connectivity index (χ2v) is 13.0. The van der Waals surface area contributed by atoms with E-state index in [1.807, 2.05) is 12.2 Å². The Kier molecular flexibility index (Phi) is 8.66. The molecule has 0 spiro atoms. The van der Waals surface area contributed by atoms with Crippen molar-refractivity contribution in [3.05, 3.63) is 66.0 Å². The molecular formula is C32H32F4N4O5S. The Bertz CT molecular complexity index is 1680. The zero-order valence-electron chi connectivity index (χ0n) is 24.6. The summed E-state index contributed by atoms with van der Waals surface area (Å²) in [6, 6.07) is 6.62. The molecular weight excluding hydrogens is 628 g/mol. The topological polar surface area (TPSA) is 121 Å². The lowest BCUT2D eigenvalue weighted by Crippen LogP contribution is -2.55. The number of amides is 2. The number of allylic oxidation sites excluding steroid dienone is 1. The average molecular weight is 661 g/mol. The van der Waals surface area contributed by atoms with Crippen LogP contribution in [0.3, 0.4) is 0 Å². The van der Waals surface area contributed by atoms with Gasteiger partial charge in [0.2, 0.25) is 11.8 Å². The molecule has 1 saturated carbocycles. The molecule has 5 atom stereocenters. The van der Waals surface area contributed by atoms with Gasteiger partial charge in [-0.25, -0.2) is 14.2 Å². The Hall–Kier alpha value is -4.20. The summed E-state index contributed by atoms with van der Waals surface area (Å²) in [5, 5.41) is 15.9. The summed E-state index contributed by atoms with van der Waals surface area (Å²) in [7, 11) is 0. The highest BCUT2D eigenvalue weighted by Crippen LogP contribution is 2.45. The second-order valence-electron chi connectivity index (χ2n) is 12.0. The first-order valence-electron chi connectivity index (χ1n) is 15.1. The standard InChI is InChI=1S/C32H32F4N4O5S/c33-20-11-12-23-26(14-20)46-30(38-23)45-22-15-25-27(41)39-31(29(43)44)16-19(31)7-4-2-1-3-5-10-24(28(42)40(25)17-22)37-21-9-6-8-18(13-21)32(34,35)36/h4,6-9,11-14,19,22,24-25,37H,1-3,5,10,15-17H2,(H,39,41)(H,43,44)/b7-4-/t19-,22-,24+,25+,31-/m1/s1. The van der Waals surface area contributed by atoms with Crippen molar-refractivity contribution in [1.29, 1.82) is 0 Å². The SMILES string of the molecule is O=C1N[C@]2(C(=O)O)C[C@H]2/C=C\CCCCC[C@H](Nc2cccc(C(F)(F)F)c2)C(=O)N2C[C@H](Oc3nc4ccc(F)cc4s3)C[C@@H]12. The number of fused-ring (bicyclic) bond motifs is 3. The van der Waals surface area contributed by atoms with E-state index in [-0.39, 0.29) is 30.3 Å². The molecule has 3 aromatic rings. The number of benzene rings is 2. The maximum atomic E-state index is 14.2. The lowest BCUT2D eigenvalue weighted by atomic mass is 10.0. The number of anilines is 1. The molecule has 2 fully saturated rings. The Morgan fingerprint density at radius 3 is 2.76 bits per heavy atom. The Labute approximate surface area is 265 Å². The minimum atomic E-state index is -4.58. The molecule has 2 aliphatic heterocycles. The summed E-state index contributed by atoms with van der Waals surface area (Å²) in [6.45, 7) is -0.0502. The molecule has 244 valence electrons. The van der Waals surface area contributed by atoms with Crippen molar-refractivity contribution in [1.82, 2.24) is 15.2 Å². The maximum absolute atomic E-state index is 14.2. The number of hydrogen-bond donors (Lipinski definition) is 3. The number of ether oxygens (including phenoxy) is 1. The lowest BCUT2D eigenvalue weighted by Gasteiger charge is -2.30. The van der Waals surface area contributed by atoms with Gasteiger partial charge in [0.25, 0.3) is 5.19 Å². The Morgan fingerprint density at radius 2 is 1.98 bits per heavy atom. The monoisotopic (exact) mass is 660 g/mol. The van der Waals surface area contributed by atoms with Gasteiger partial charge < -0.3 is 25.4 Å². The molecule has 9 nitrogen and oxygen atoms in total. The van der Waals surface area contributed by atoms with Crippen LogP contribution in [0.2, 0.25) is 0 Å². The third-order valence-electron chi connectivity index (χ3n) is 8.75. The average Bonchev–Trinajstić information content (AvgIpc) is 3.32. The van der Waals surface area contributed by atoms with E-state index < -0.39 is 65.0 Å². The normalized spacial score (nSPS) is 28.0. The maximum Gasteiger partial charge on any atom is 0.416 e. The van der Waals surface area contributed by atoms with E-state index in [0.717, 1.165) is 36.3 Å². The molecule has 0 radical (unpaired) electrons. The third-order valence-corrected chi connectivity index (χ3v) is 9.66. The van der Waals surface area contributed by atoms with Gasteiger partial charge in [-0.3, -0.25) is 9.59 Å². The number of carbonyl (C=O) groups is 3. The predicted molar refractivity (Wildman–Crippen MR) is 162 cm³/mol. The highest BCUT2D eigenvalue weighted by atomic mass is 32.1. The van der Waals surface area contributed by atoms with Gasteiger partial charge >= 0.3 is 12.1 Å². The quantitative estimate of drug-likeness (QED) is 0.235. The van der Waals surface area contributed by atoms with E-state index in [1.54, 1.807) is 0 Å². The van der Waals surface area contributed by atoms with Crippen molar-refractivity contribution in [2.24, 2.45) is 5.92 Å². The highest BCUT2D eigenvalue weighted by molar-refractivity contribution is 7.20. The van der Waals surface area contributed by atoms with Gasteiger partial charge in [0.05, 0.1) is 22.3 Å². The van der Waals surface area contributed by atoms with E-state index in [2.05, 4.69) is 15.6 Å². The van der Waals surface area contributed by atoms with Crippen LogP contribution in [0.5, 0.6) is 5.19 Å². The van der Waals surface area contributed by atoms with Gasteiger partial charge in [0.1, 0.15) is 29.5 Å². The summed E-state index contributed by atoms with van der Waals surface area (Å²) in [6.07, 6.45) is 1.73. The molecule has 46 heavy (non-hydrogen) atoms. The molecule has 2 amide bonds. The minimum absolute atomic E-state index is 0.0222. The lowest BCUT2D eigenvalue weighted by molar-refractivity contribution is -0.145. The van der Waals surface area contributed by atoms with Crippen LogP contribution in [0, 0.1) is 11.7 Å². The number of hydrogen-bond acceptors (Lipinski definition) is 7. The van der Waals surface area contributed by atoms with Crippen LogP contribution in [0.15, 0.2) is 54.6 Å². The number of thiazole rings is 1. The fraction of sp³-hybridized carbons (Fsp3) is 0.438. The van der Waals surface area contributed by atoms with Gasteiger partial charge in [-0.2, -0.15) is 13.2 Å². The zero-order valence-corrected chi connectivity index (χ0v) is 25.4. The fourth-order valence-corrected chi connectivity index (χ4v) is 7.11. The third kappa shape index (κ3) is 6.67. The number of alkyl halides is 3. The molecule has 3 heterocycles. The summed E-state index contributed by atoms with van der Waals surface area (Å²) in [5.74, 6) is -3.17. The number of carbonyl (C=O) groups excluding carboxylic acids is 2. The summed E-state index contributed by atoms with van der Waals surface area (Å²) in [5.41, 5.74) is -1.73. The summed E-state index contributed by atoms with van der Waals surface area (Å²) in [4.78, 5) is 46.0. The summed E-state index contributed by atoms with van der Waals surface area (Å²) < 4.78 is 60.7. The van der Waals surface area contributed by atoms with Crippen LogP contribution in [0.25, 0.3) is 10.2 Å². The molecule has 1 aliphatic carbocycles. The summed E-state index contributed by atoms with van der Waals surface area (Å²) >= 11 is 1.11. The predicted octanol–water partition coefficient (Wildman–Crippen LogP) is 5.76. The molecule has 0 unspecified atom stereocenters. The number of carboxylic acids is 1. The molecule has 14 heteroatoms. The zero-order chi connectivity index (χ0) is 32.6. The molecule has 1 aromatic heterocycles. The first-order chi connectivity index (χ1) is 21.9. The number of rotatable bonds is 5. The molecule has 0 bridgehead atoms. The van der Waals surface area contributed by atoms with E-state index in [1.165, 1.54) is 35.2 Å². The highest BCUT2D eigenvalue weighted by Gasteiger charge is 2.61. The van der Waals surface area contributed by atoms with Crippen LogP contribution in [-0.4, -0.2) is 63.0 Å². The van der Waals surface area contributed by atoms with Crippen molar-refractivity contribution in [2.45, 2.75) is 74.8 Å². The molecule has 3 aliphatic rings. The number of aromatic nitrogens is 1. The van der Waals surface area contributed by atoms with Crippen molar-refractivity contribution >= 4 is 45.0 Å². The van der Waals surface area contributed by atoms with Crippen LogP contribution in [-0.2, 0) is 20.6 Å². The van der Waals surface area contributed by atoms with E-state index >= 15 is 0 Å². The fourth-order valence-electron chi connectivity index (χ4n) is 6.20. The van der Waals surface area contributed by atoms with Gasteiger partial charge in [-0.1, -0.05) is 42.4 Å². The van der Waals surface area contributed by atoms with Gasteiger partial charge in [-0.05, 0) is 62.1 Å². The van der Waals surface area contributed by atoms with Gasteiger partial charge in [0.15, 0.2) is 0 Å². The minimum Gasteiger partial charge on any atom is -0.479 e. The first-order valence-corrected chi connectivity index (χ1v) is 15.9. The van der Waals surface area contributed by atoms with E-state index in [4.69, 9.17) is 4.74 Å². The van der Waals surface area contributed by atoms with Crippen LogP contribution < -0.4 is 15.4 Å². The number of aliphatic carboxylic acids is 1. The number of nitrogens with one attached hydrogen (secondary N) is 2. The first kappa shape index (κ1) is 31.8. The number of carboxylic acid groups (broad SMARTS) is 1. The molecule has 6 rings (SSSR count). The molecule has 3 N–H and O–H groups in total. The Balaban J connectivity index is 1.30. The number of halogens is 4. The molecule has 2 aromatic carbocycles. The second kappa shape index (κ2) is 12.5. The van der Waals surface area contributed by atoms with Crippen molar-refractivity contribution in [3.63, 3.8) is 0 Å². The van der Waals surface area contributed by atoms with Crippen molar-refractivity contribution < 1.29 is 41.8 Å². The largest absolute Gasteiger partial charge is 0.479 e. The van der Waals surface area contributed by atoms with Gasteiger partial charge in [-0.15, -0.1) is 0 Å². The van der Waals surface area contributed by atoms with Crippen LogP contribution >= 0.6 is 11.3 Å². The number of nitrogens with zero attached hydrogens (tertiary/aromatic N) is 2. The smallest absolute Gasteiger partial charge is 0.416 e. The van der Waals surface area contributed by atoms with Crippen molar-refractivity contribution in [3.8, 4) is 5.19 Å². The Morgan fingerprint density at radius 1 is 1.15 bits per heavy atom.